The summed E-state index contributed by atoms with van der Waals surface area (Å²) < 4.78 is 1.89. The van der Waals surface area contributed by atoms with E-state index in [0.717, 1.165) is 40.2 Å². The fourth-order valence-corrected chi connectivity index (χ4v) is 7.25. The molecule has 0 aliphatic carbocycles. The van der Waals surface area contributed by atoms with Gasteiger partial charge in [-0.25, -0.2) is 4.98 Å². The number of rotatable bonds is 13. The predicted molar refractivity (Wildman–Crippen MR) is 193 cm³/mol. The lowest BCUT2D eigenvalue weighted by Crippen LogP contribution is -2.48. The molecule has 3 atom stereocenters. The van der Waals surface area contributed by atoms with Crippen LogP contribution in [0.4, 0.5) is 0 Å². The van der Waals surface area contributed by atoms with Gasteiger partial charge in [-0.3, -0.25) is 14.6 Å². The zero-order valence-electron chi connectivity index (χ0n) is 28.3. The first-order valence-electron chi connectivity index (χ1n) is 16.9. The maximum Gasteiger partial charge on any atom is 0.254 e. The van der Waals surface area contributed by atoms with Gasteiger partial charge in [0.1, 0.15) is 5.01 Å². The molecule has 3 N–H and O–H groups in total. The van der Waals surface area contributed by atoms with E-state index in [9.17, 15) is 14.7 Å². The minimum Gasteiger partial charge on any atom is -0.390 e. The van der Waals surface area contributed by atoms with Crippen LogP contribution < -0.4 is 10.6 Å². The molecule has 6 rings (SSSR count). The van der Waals surface area contributed by atoms with Crippen molar-refractivity contribution in [2.24, 2.45) is 0 Å². The number of pyridine rings is 1. The molecule has 0 saturated carbocycles. The van der Waals surface area contributed by atoms with Gasteiger partial charge < -0.3 is 25.2 Å². The number of nitrogens with one attached hydrogen (secondary N) is 2. The van der Waals surface area contributed by atoms with E-state index in [4.69, 9.17) is 0 Å². The molecule has 2 aromatic carbocycles. The molecule has 3 aromatic heterocycles. The minimum atomic E-state index is -0.883. The molecular weight excluding hydrogens is 633 g/mol. The fraction of sp³-hybridized carbons (Fsp3) is 0.333. The Kier molecular flexibility index (Phi) is 11.0. The van der Waals surface area contributed by atoms with Gasteiger partial charge in [-0.05, 0) is 79.1 Å². The smallest absolute Gasteiger partial charge is 0.254 e. The van der Waals surface area contributed by atoms with Crippen LogP contribution in [0.25, 0.3) is 5.69 Å². The predicted octanol–water partition coefficient (Wildman–Crippen LogP) is 6.23. The highest BCUT2D eigenvalue weighted by molar-refractivity contribution is 7.09. The van der Waals surface area contributed by atoms with Crippen LogP contribution in [0.15, 0.2) is 96.9 Å². The van der Waals surface area contributed by atoms with Crippen LogP contribution >= 0.6 is 11.3 Å². The van der Waals surface area contributed by atoms with Crippen LogP contribution in [-0.2, 0) is 13.0 Å². The summed E-state index contributed by atoms with van der Waals surface area (Å²) in [5, 5.41) is 20.9. The molecule has 254 valence electrons. The van der Waals surface area contributed by atoms with Gasteiger partial charge in [0.25, 0.3) is 11.8 Å². The van der Waals surface area contributed by atoms with Gasteiger partial charge in [0.05, 0.1) is 18.2 Å². The van der Waals surface area contributed by atoms with Crippen LogP contribution in [0.1, 0.15) is 86.8 Å². The van der Waals surface area contributed by atoms with Crippen molar-refractivity contribution in [2.45, 2.75) is 70.7 Å². The first-order chi connectivity index (χ1) is 23.7. The standard InChI is InChI=1S/C39H44N6O3S/c1-26(2)32-16-29(21-40-23-32)22-41-24-36(46)34(17-28-10-5-4-6-11-28)43-37(47)30-18-31(20-33(19-30)44-13-7-8-14-44)39(48)45-15-9-12-35(45)38-42-27(3)25-49-38/h4-8,10-11,13-14,16,18-21,23,25-26,34-36,41,46H,9,12,15,17,22,24H2,1-3H3,(H,43,47). The molecule has 2 amide bonds. The molecule has 10 heteroatoms. The maximum absolute atomic E-state index is 14.1. The molecule has 4 heterocycles. The number of carbonyl (C=O) groups is 2. The van der Waals surface area contributed by atoms with Gasteiger partial charge >= 0.3 is 0 Å². The lowest BCUT2D eigenvalue weighted by Gasteiger charge is -2.26. The van der Waals surface area contributed by atoms with E-state index in [-0.39, 0.29) is 24.4 Å². The Morgan fingerprint density at radius 2 is 1.78 bits per heavy atom. The van der Waals surface area contributed by atoms with E-state index in [2.05, 4.69) is 40.5 Å². The SMILES string of the molecule is Cc1csc(C2CCCN2C(=O)c2cc(C(=O)NC(Cc3ccccc3)C(O)CNCc3cncc(C(C)C)c3)cc(-n3cccc3)c2)n1. The zero-order valence-corrected chi connectivity index (χ0v) is 29.1. The summed E-state index contributed by atoms with van der Waals surface area (Å²) in [6, 6.07) is 20.4. The van der Waals surface area contributed by atoms with Crippen molar-refractivity contribution in [3.63, 3.8) is 0 Å². The number of hydrogen-bond acceptors (Lipinski definition) is 7. The summed E-state index contributed by atoms with van der Waals surface area (Å²) >= 11 is 1.58. The summed E-state index contributed by atoms with van der Waals surface area (Å²) in [5.74, 6) is -0.112. The Morgan fingerprint density at radius 1 is 1.00 bits per heavy atom. The van der Waals surface area contributed by atoms with Gasteiger partial charge in [-0.2, -0.15) is 0 Å². The summed E-state index contributed by atoms with van der Waals surface area (Å²) in [6.07, 6.45) is 8.79. The Hall–Kier alpha value is -4.64. The summed E-state index contributed by atoms with van der Waals surface area (Å²) in [7, 11) is 0. The minimum absolute atomic E-state index is 0.0831. The average Bonchev–Trinajstić information content (AvgIpc) is 3.91. The monoisotopic (exact) mass is 676 g/mol. The number of likely N-dealkylation sites (tertiary alicyclic amines) is 1. The molecule has 1 fully saturated rings. The molecule has 0 radical (unpaired) electrons. The van der Waals surface area contributed by atoms with Gasteiger partial charge in [-0.15, -0.1) is 11.3 Å². The molecule has 1 saturated heterocycles. The van der Waals surface area contributed by atoms with Gasteiger partial charge in [0.2, 0.25) is 0 Å². The highest BCUT2D eigenvalue weighted by Gasteiger charge is 2.33. The third-order valence-corrected chi connectivity index (χ3v) is 10.1. The number of benzene rings is 2. The second kappa shape index (κ2) is 15.7. The number of thiazole rings is 1. The number of aryl methyl sites for hydroxylation is 1. The lowest BCUT2D eigenvalue weighted by atomic mass is 9.99. The Bertz CT molecular complexity index is 1860. The molecule has 0 spiro atoms. The van der Waals surface area contributed by atoms with Crippen LogP contribution in [0, 0.1) is 6.92 Å². The third-order valence-electron chi connectivity index (χ3n) is 9.01. The second-order valence-electron chi connectivity index (χ2n) is 13.1. The van der Waals surface area contributed by atoms with Crippen molar-refractivity contribution in [3.8, 4) is 5.69 Å². The number of nitrogens with zero attached hydrogens (tertiary/aromatic N) is 4. The number of amides is 2. The molecule has 1 aliphatic rings. The van der Waals surface area contributed by atoms with Crippen LogP contribution in [0.3, 0.4) is 0 Å². The molecule has 49 heavy (non-hydrogen) atoms. The fourth-order valence-electron chi connectivity index (χ4n) is 6.31. The molecule has 0 bridgehead atoms. The van der Waals surface area contributed by atoms with Crippen molar-refractivity contribution in [1.82, 2.24) is 30.1 Å². The molecule has 5 aromatic rings. The lowest BCUT2D eigenvalue weighted by molar-refractivity contribution is 0.0735. The molecule has 9 nitrogen and oxygen atoms in total. The number of aromatic nitrogens is 3. The highest BCUT2D eigenvalue weighted by Crippen LogP contribution is 2.35. The van der Waals surface area contributed by atoms with E-state index in [1.165, 1.54) is 0 Å². The third kappa shape index (κ3) is 8.51. The Balaban J connectivity index is 1.23. The van der Waals surface area contributed by atoms with Gasteiger partial charge in [0.15, 0.2) is 0 Å². The van der Waals surface area contributed by atoms with Crippen molar-refractivity contribution < 1.29 is 14.7 Å². The van der Waals surface area contributed by atoms with E-state index in [0.29, 0.717) is 42.2 Å². The number of hydrogen-bond donors (Lipinski definition) is 3. The van der Waals surface area contributed by atoms with E-state index >= 15 is 0 Å². The van der Waals surface area contributed by atoms with E-state index in [1.807, 2.05) is 95.1 Å². The van der Waals surface area contributed by atoms with Gasteiger partial charge in [-0.1, -0.05) is 50.2 Å². The highest BCUT2D eigenvalue weighted by atomic mass is 32.1. The zero-order chi connectivity index (χ0) is 34.3. The summed E-state index contributed by atoms with van der Waals surface area (Å²) in [5.41, 5.74) is 5.64. The molecular formula is C39H44N6O3S. The number of aliphatic hydroxyl groups excluding tert-OH is 1. The Morgan fingerprint density at radius 3 is 2.51 bits per heavy atom. The van der Waals surface area contributed by atoms with E-state index < -0.39 is 12.1 Å². The van der Waals surface area contributed by atoms with Crippen molar-refractivity contribution >= 4 is 23.2 Å². The Labute approximate surface area is 292 Å². The summed E-state index contributed by atoms with van der Waals surface area (Å²) in [4.78, 5) is 39.1. The molecule has 1 aliphatic heterocycles. The second-order valence-corrected chi connectivity index (χ2v) is 14.0. The average molecular weight is 677 g/mol. The first-order valence-corrected chi connectivity index (χ1v) is 17.8. The van der Waals surface area contributed by atoms with Crippen molar-refractivity contribution in [1.29, 1.82) is 0 Å². The largest absolute Gasteiger partial charge is 0.390 e. The number of aliphatic hydroxyl groups is 1. The topological polar surface area (TPSA) is 112 Å². The van der Waals surface area contributed by atoms with Crippen LogP contribution in [0.2, 0.25) is 0 Å². The van der Waals surface area contributed by atoms with E-state index in [1.54, 1.807) is 23.5 Å². The van der Waals surface area contributed by atoms with Crippen molar-refractivity contribution in [3.05, 3.63) is 135 Å². The quantitative estimate of drug-likeness (QED) is 0.136. The van der Waals surface area contributed by atoms with Crippen LogP contribution in [0.5, 0.6) is 0 Å². The summed E-state index contributed by atoms with van der Waals surface area (Å²) in [6.45, 7) is 7.67. The molecule has 3 unspecified atom stereocenters. The van der Waals surface area contributed by atoms with Crippen molar-refractivity contribution in [2.75, 3.05) is 13.1 Å². The number of carbonyl (C=O) groups excluding carboxylic acids is 2. The first kappa shape index (κ1) is 34.2. The van der Waals surface area contributed by atoms with Crippen LogP contribution in [-0.4, -0.2) is 61.6 Å². The normalized spacial score (nSPS) is 15.8. The van der Waals surface area contributed by atoms with Gasteiger partial charge in [0, 0.05) is 72.3 Å². The maximum atomic E-state index is 14.1.